The Morgan fingerprint density at radius 2 is 1.59 bits per heavy atom. The van der Waals surface area contributed by atoms with Crippen LogP contribution < -0.4 is 9.62 Å². The average Bonchev–Trinajstić information content (AvgIpc) is 3.11. The summed E-state index contributed by atoms with van der Waals surface area (Å²) in [5.74, 6) is -0.175. The summed E-state index contributed by atoms with van der Waals surface area (Å²) in [7, 11) is -3.85. The standard InChI is InChI=1S/C23H28ClN3O6S/c24-16-6-8-18(9-7-16)34(31,32)25-15-20-23(30)22(29)19(33-20)14-21(28)27-12-10-26(11-13-27)17-4-2-1-3-5-17/h1-9,19-20,22-23,25,29-30H,10-15H2/t19-,20-,22+,23-/m1/s1. The summed E-state index contributed by atoms with van der Waals surface area (Å²) in [5, 5.41) is 21.2. The van der Waals surface area contributed by atoms with Crippen LogP contribution in [-0.2, 0) is 19.6 Å². The number of nitrogens with one attached hydrogen (secondary N) is 1. The van der Waals surface area contributed by atoms with Crippen LogP contribution in [-0.4, -0.2) is 86.6 Å². The number of para-hydroxylation sites is 1. The third-order valence-electron chi connectivity index (χ3n) is 6.19. The zero-order chi connectivity index (χ0) is 24.3. The molecular formula is C23H28ClN3O6S. The second kappa shape index (κ2) is 10.6. The van der Waals surface area contributed by atoms with Gasteiger partial charge in [-0.05, 0) is 36.4 Å². The van der Waals surface area contributed by atoms with Crippen LogP contribution in [0.1, 0.15) is 6.42 Å². The van der Waals surface area contributed by atoms with E-state index in [4.69, 9.17) is 16.3 Å². The van der Waals surface area contributed by atoms with E-state index in [1.54, 1.807) is 4.90 Å². The molecule has 2 aliphatic heterocycles. The van der Waals surface area contributed by atoms with E-state index in [-0.39, 0.29) is 23.8 Å². The molecule has 2 aromatic rings. The fraction of sp³-hybridized carbons (Fsp3) is 0.435. The van der Waals surface area contributed by atoms with Crippen molar-refractivity contribution in [2.24, 2.45) is 0 Å². The first-order valence-electron chi connectivity index (χ1n) is 11.1. The van der Waals surface area contributed by atoms with Gasteiger partial charge in [0.1, 0.15) is 18.3 Å². The molecule has 0 radical (unpaired) electrons. The lowest BCUT2D eigenvalue weighted by Gasteiger charge is -2.36. The Morgan fingerprint density at radius 3 is 2.24 bits per heavy atom. The number of nitrogens with zero attached hydrogens (tertiary/aromatic N) is 2. The van der Waals surface area contributed by atoms with Crippen LogP contribution >= 0.6 is 11.6 Å². The molecule has 184 valence electrons. The average molecular weight is 510 g/mol. The summed E-state index contributed by atoms with van der Waals surface area (Å²) in [5.41, 5.74) is 1.11. The minimum atomic E-state index is -3.85. The van der Waals surface area contributed by atoms with Gasteiger partial charge in [-0.25, -0.2) is 13.1 Å². The number of anilines is 1. The Morgan fingerprint density at radius 1 is 0.971 bits per heavy atom. The number of piperazine rings is 1. The van der Waals surface area contributed by atoms with Crippen molar-refractivity contribution in [3.05, 3.63) is 59.6 Å². The molecule has 4 atom stereocenters. The molecule has 0 saturated carbocycles. The first-order chi connectivity index (χ1) is 16.2. The van der Waals surface area contributed by atoms with Gasteiger partial charge in [0.15, 0.2) is 0 Å². The lowest BCUT2D eigenvalue weighted by molar-refractivity contribution is -0.135. The zero-order valence-corrected chi connectivity index (χ0v) is 20.0. The van der Waals surface area contributed by atoms with E-state index in [9.17, 15) is 23.4 Å². The number of sulfonamides is 1. The number of carbonyl (C=O) groups is 1. The highest BCUT2D eigenvalue weighted by Gasteiger charge is 2.44. The predicted molar refractivity (Wildman–Crippen MR) is 127 cm³/mol. The molecule has 34 heavy (non-hydrogen) atoms. The first kappa shape index (κ1) is 24.9. The Labute approximate surface area is 203 Å². The number of halogens is 1. The highest BCUT2D eigenvalue weighted by atomic mass is 35.5. The van der Waals surface area contributed by atoms with Crippen LogP contribution in [0.3, 0.4) is 0 Å². The number of ether oxygens (including phenoxy) is 1. The summed E-state index contributed by atoms with van der Waals surface area (Å²) in [6.45, 7) is 2.24. The van der Waals surface area contributed by atoms with Gasteiger partial charge in [0.2, 0.25) is 15.9 Å². The summed E-state index contributed by atoms with van der Waals surface area (Å²) >= 11 is 5.80. The SMILES string of the molecule is O=C(C[C@H]1O[C@H](CNS(=O)(=O)c2ccc(Cl)cc2)[C@@H](O)[C@H]1O)N1CCN(c2ccccc2)CC1. The molecule has 2 heterocycles. The quantitative estimate of drug-likeness (QED) is 0.506. The molecule has 11 heteroatoms. The molecule has 2 aromatic carbocycles. The van der Waals surface area contributed by atoms with Crippen LogP contribution in [0.25, 0.3) is 0 Å². The highest BCUT2D eigenvalue weighted by molar-refractivity contribution is 7.89. The number of amides is 1. The summed E-state index contributed by atoms with van der Waals surface area (Å²) < 4.78 is 33.0. The van der Waals surface area contributed by atoms with Crippen molar-refractivity contribution >= 4 is 33.2 Å². The van der Waals surface area contributed by atoms with E-state index >= 15 is 0 Å². The molecular weight excluding hydrogens is 482 g/mol. The third-order valence-corrected chi connectivity index (χ3v) is 7.88. The molecule has 0 spiro atoms. The summed E-state index contributed by atoms with van der Waals surface area (Å²) in [4.78, 5) is 16.7. The van der Waals surface area contributed by atoms with E-state index < -0.39 is 34.4 Å². The predicted octanol–water partition coefficient (Wildman–Crippen LogP) is 0.846. The van der Waals surface area contributed by atoms with E-state index in [0.29, 0.717) is 31.2 Å². The van der Waals surface area contributed by atoms with Crippen LogP contribution in [0, 0.1) is 0 Å². The smallest absolute Gasteiger partial charge is 0.240 e. The Hall–Kier alpha value is -2.21. The molecule has 1 amide bonds. The topological polar surface area (TPSA) is 119 Å². The fourth-order valence-corrected chi connectivity index (χ4v) is 5.38. The van der Waals surface area contributed by atoms with E-state index in [0.717, 1.165) is 5.69 Å². The molecule has 2 saturated heterocycles. The monoisotopic (exact) mass is 509 g/mol. The van der Waals surface area contributed by atoms with Crippen molar-refractivity contribution in [1.29, 1.82) is 0 Å². The number of rotatable bonds is 7. The minimum Gasteiger partial charge on any atom is -0.388 e. The number of aliphatic hydroxyl groups excluding tert-OH is 2. The Bertz CT molecular complexity index is 1080. The zero-order valence-electron chi connectivity index (χ0n) is 18.5. The van der Waals surface area contributed by atoms with Crippen molar-refractivity contribution in [2.45, 2.75) is 35.7 Å². The van der Waals surface area contributed by atoms with Gasteiger partial charge < -0.3 is 24.7 Å². The molecule has 9 nitrogen and oxygen atoms in total. The van der Waals surface area contributed by atoms with Gasteiger partial charge in [-0.3, -0.25) is 4.79 Å². The lowest BCUT2D eigenvalue weighted by atomic mass is 10.0. The molecule has 0 aromatic heterocycles. The number of benzene rings is 2. The molecule has 2 aliphatic rings. The Kier molecular flexibility index (Phi) is 7.76. The molecule has 0 aliphatic carbocycles. The van der Waals surface area contributed by atoms with Gasteiger partial charge in [-0.15, -0.1) is 0 Å². The van der Waals surface area contributed by atoms with E-state index in [1.165, 1.54) is 24.3 Å². The fourth-order valence-electron chi connectivity index (χ4n) is 4.21. The number of hydrogen-bond acceptors (Lipinski definition) is 7. The third kappa shape index (κ3) is 5.70. The van der Waals surface area contributed by atoms with Crippen molar-refractivity contribution < 1.29 is 28.2 Å². The molecule has 0 unspecified atom stereocenters. The maximum Gasteiger partial charge on any atom is 0.240 e. The number of carbonyl (C=O) groups excluding carboxylic acids is 1. The maximum atomic E-state index is 12.8. The maximum absolute atomic E-state index is 12.8. The van der Waals surface area contributed by atoms with Gasteiger partial charge in [0, 0.05) is 43.4 Å². The van der Waals surface area contributed by atoms with Crippen LogP contribution in [0.15, 0.2) is 59.5 Å². The van der Waals surface area contributed by atoms with Gasteiger partial charge in [-0.1, -0.05) is 29.8 Å². The second-order valence-electron chi connectivity index (χ2n) is 8.41. The van der Waals surface area contributed by atoms with Gasteiger partial charge in [0.25, 0.3) is 0 Å². The summed E-state index contributed by atoms with van der Waals surface area (Å²) in [6.07, 6.45) is -4.60. The van der Waals surface area contributed by atoms with Gasteiger partial charge in [-0.2, -0.15) is 0 Å². The van der Waals surface area contributed by atoms with Crippen LogP contribution in [0.2, 0.25) is 5.02 Å². The number of aliphatic hydroxyl groups is 2. The van der Waals surface area contributed by atoms with E-state index in [1.807, 2.05) is 30.3 Å². The Balaban J connectivity index is 1.28. The lowest BCUT2D eigenvalue weighted by Crippen LogP contribution is -2.49. The van der Waals surface area contributed by atoms with Crippen LogP contribution in [0.5, 0.6) is 0 Å². The molecule has 4 rings (SSSR count). The normalized spacial score (nSPS) is 25.5. The largest absolute Gasteiger partial charge is 0.388 e. The second-order valence-corrected chi connectivity index (χ2v) is 10.6. The van der Waals surface area contributed by atoms with Crippen molar-refractivity contribution in [3.63, 3.8) is 0 Å². The summed E-state index contributed by atoms with van der Waals surface area (Å²) in [6, 6.07) is 15.6. The van der Waals surface area contributed by atoms with E-state index in [2.05, 4.69) is 9.62 Å². The van der Waals surface area contributed by atoms with Crippen molar-refractivity contribution in [1.82, 2.24) is 9.62 Å². The first-order valence-corrected chi connectivity index (χ1v) is 13.0. The van der Waals surface area contributed by atoms with Crippen molar-refractivity contribution in [3.8, 4) is 0 Å². The molecule has 0 bridgehead atoms. The van der Waals surface area contributed by atoms with Gasteiger partial charge >= 0.3 is 0 Å². The highest BCUT2D eigenvalue weighted by Crippen LogP contribution is 2.25. The minimum absolute atomic E-state index is 0.0197. The molecule has 3 N–H and O–H groups in total. The number of hydrogen-bond donors (Lipinski definition) is 3. The molecule has 2 fully saturated rings. The van der Waals surface area contributed by atoms with Gasteiger partial charge in [0.05, 0.1) is 17.4 Å². The van der Waals surface area contributed by atoms with Crippen LogP contribution in [0.4, 0.5) is 5.69 Å². The van der Waals surface area contributed by atoms with Crippen molar-refractivity contribution in [2.75, 3.05) is 37.6 Å².